The molecule has 1 aromatic heterocycles. The lowest BCUT2D eigenvalue weighted by atomic mass is 10.1. The number of halogens is 1. The molecule has 1 fully saturated rings. The summed E-state index contributed by atoms with van der Waals surface area (Å²) < 4.78 is 13.4. The van der Waals surface area contributed by atoms with Gasteiger partial charge in [0.1, 0.15) is 12.4 Å². The molecule has 0 saturated carbocycles. The van der Waals surface area contributed by atoms with Crippen LogP contribution in [-0.2, 0) is 17.9 Å². The average molecular weight is 525 g/mol. The second kappa shape index (κ2) is 12.6. The maximum absolute atomic E-state index is 13.6. The van der Waals surface area contributed by atoms with Crippen molar-refractivity contribution in [2.24, 2.45) is 0 Å². The third-order valence-electron chi connectivity index (χ3n) is 6.37. The van der Waals surface area contributed by atoms with Crippen LogP contribution in [0.25, 0.3) is 0 Å². The Balaban J connectivity index is 1.55. The van der Waals surface area contributed by atoms with Gasteiger partial charge in [0.15, 0.2) is 0 Å². The van der Waals surface area contributed by atoms with E-state index in [0.717, 1.165) is 36.4 Å². The van der Waals surface area contributed by atoms with Crippen molar-refractivity contribution in [2.45, 2.75) is 25.9 Å². The third kappa shape index (κ3) is 7.43. The van der Waals surface area contributed by atoms with E-state index in [2.05, 4.69) is 4.90 Å². The van der Waals surface area contributed by atoms with Gasteiger partial charge in [0.2, 0.25) is 5.91 Å². The summed E-state index contributed by atoms with van der Waals surface area (Å²) in [6.07, 6.45) is 2.20. The van der Waals surface area contributed by atoms with Crippen LogP contribution in [-0.4, -0.2) is 64.2 Å². The van der Waals surface area contributed by atoms with Crippen LogP contribution in [0.2, 0.25) is 0 Å². The van der Waals surface area contributed by atoms with Gasteiger partial charge in [-0.25, -0.2) is 4.39 Å². The number of nitrogens with zero attached hydrogens (tertiary/aromatic N) is 4. The molecule has 194 valence electrons. The lowest BCUT2D eigenvalue weighted by Crippen LogP contribution is -2.45. The fourth-order valence-electron chi connectivity index (χ4n) is 4.35. The van der Waals surface area contributed by atoms with Gasteiger partial charge in [-0.15, -0.1) is 11.3 Å². The average Bonchev–Trinajstić information content (AvgIpc) is 3.61. The van der Waals surface area contributed by atoms with E-state index in [0.29, 0.717) is 19.6 Å². The molecule has 2 aromatic carbocycles. The summed E-state index contributed by atoms with van der Waals surface area (Å²) in [7, 11) is 0. The highest BCUT2D eigenvalue weighted by molar-refractivity contribution is 7.09. The summed E-state index contributed by atoms with van der Waals surface area (Å²) in [6.45, 7) is 3.31. The first-order valence-electron chi connectivity index (χ1n) is 12.2. The van der Waals surface area contributed by atoms with Crippen molar-refractivity contribution in [1.82, 2.24) is 14.7 Å². The highest BCUT2D eigenvalue weighted by atomic mass is 32.1. The van der Waals surface area contributed by atoms with Crippen molar-refractivity contribution >= 4 is 28.8 Å². The van der Waals surface area contributed by atoms with Gasteiger partial charge >= 0.3 is 0 Å². The van der Waals surface area contributed by atoms with Crippen LogP contribution in [0.15, 0.2) is 66.0 Å². The Labute approximate surface area is 219 Å². The second-order valence-corrected chi connectivity index (χ2v) is 10.1. The molecule has 1 saturated heterocycles. The van der Waals surface area contributed by atoms with Gasteiger partial charge in [0.25, 0.3) is 11.6 Å². The van der Waals surface area contributed by atoms with Gasteiger partial charge in [-0.1, -0.05) is 24.3 Å². The van der Waals surface area contributed by atoms with Crippen LogP contribution in [0.3, 0.4) is 0 Å². The minimum atomic E-state index is -0.540. The lowest BCUT2D eigenvalue weighted by Gasteiger charge is -2.29. The predicted octanol–water partition coefficient (Wildman–Crippen LogP) is 4.56. The molecule has 0 N–H and O–H groups in total. The molecule has 0 bridgehead atoms. The number of likely N-dealkylation sites (tertiary alicyclic amines) is 1. The third-order valence-corrected chi connectivity index (χ3v) is 7.23. The smallest absolute Gasteiger partial charge is 0.270 e. The fourth-order valence-corrected chi connectivity index (χ4v) is 5.07. The van der Waals surface area contributed by atoms with E-state index in [1.807, 2.05) is 17.5 Å². The zero-order chi connectivity index (χ0) is 26.2. The molecule has 0 unspecified atom stereocenters. The van der Waals surface area contributed by atoms with Crippen LogP contribution >= 0.6 is 11.3 Å². The van der Waals surface area contributed by atoms with Crippen LogP contribution in [0, 0.1) is 15.9 Å². The molecular formula is C27H29FN4O4S. The molecule has 0 aliphatic carbocycles. The highest BCUT2D eigenvalue weighted by Gasteiger charge is 2.25. The number of nitro benzene ring substituents is 1. The lowest BCUT2D eigenvalue weighted by molar-refractivity contribution is -0.384. The Morgan fingerprint density at radius 3 is 2.43 bits per heavy atom. The van der Waals surface area contributed by atoms with E-state index in [1.54, 1.807) is 17.0 Å². The standard InChI is InChI=1S/C27H29FN4O4S/c28-23-10-8-21(9-11-23)18-31(19-25-7-4-16-37-25)26(33)20-30(15-14-29-12-1-2-13-29)27(34)22-5-3-6-24(17-22)32(35)36/h3-11,16-17H,1-2,12-15,18-20H2. The van der Waals surface area contributed by atoms with Crippen molar-refractivity contribution in [2.75, 3.05) is 32.7 Å². The zero-order valence-corrected chi connectivity index (χ0v) is 21.2. The molecule has 10 heteroatoms. The van der Waals surface area contributed by atoms with Gasteiger partial charge < -0.3 is 14.7 Å². The fraction of sp³-hybridized carbons (Fsp3) is 0.333. The van der Waals surface area contributed by atoms with Gasteiger partial charge in [-0.3, -0.25) is 19.7 Å². The largest absolute Gasteiger partial charge is 0.332 e. The summed E-state index contributed by atoms with van der Waals surface area (Å²) in [6, 6.07) is 15.4. The van der Waals surface area contributed by atoms with Crippen molar-refractivity contribution in [3.05, 3.63) is 98.0 Å². The summed E-state index contributed by atoms with van der Waals surface area (Å²) in [5.74, 6) is -1.03. The number of non-ortho nitro benzene ring substituents is 1. The van der Waals surface area contributed by atoms with Gasteiger partial charge in [0.05, 0.1) is 11.5 Å². The highest BCUT2D eigenvalue weighted by Crippen LogP contribution is 2.18. The summed E-state index contributed by atoms with van der Waals surface area (Å²) in [5, 5.41) is 13.2. The van der Waals surface area contributed by atoms with Crippen molar-refractivity contribution in [1.29, 1.82) is 0 Å². The molecule has 3 aromatic rings. The normalized spacial score (nSPS) is 13.4. The molecule has 2 heterocycles. The Kier molecular flexibility index (Phi) is 8.97. The van der Waals surface area contributed by atoms with Crippen molar-refractivity contribution in [3.8, 4) is 0 Å². The van der Waals surface area contributed by atoms with Gasteiger partial charge in [-0.2, -0.15) is 0 Å². The maximum Gasteiger partial charge on any atom is 0.270 e. The number of hydrogen-bond donors (Lipinski definition) is 0. The molecule has 2 amide bonds. The van der Waals surface area contributed by atoms with Gasteiger partial charge in [-0.05, 0) is 61.1 Å². The maximum atomic E-state index is 13.6. The van der Waals surface area contributed by atoms with Crippen LogP contribution in [0.5, 0.6) is 0 Å². The van der Waals surface area contributed by atoms with Crippen molar-refractivity contribution < 1.29 is 18.9 Å². The summed E-state index contributed by atoms with van der Waals surface area (Å²) >= 11 is 1.53. The number of amides is 2. The Morgan fingerprint density at radius 1 is 1.00 bits per heavy atom. The van der Waals surface area contributed by atoms with Crippen LogP contribution in [0.4, 0.5) is 10.1 Å². The first kappa shape index (κ1) is 26.4. The number of carbonyl (C=O) groups excluding carboxylic acids is 2. The minimum absolute atomic E-state index is 0.165. The van der Waals surface area contributed by atoms with Crippen LogP contribution < -0.4 is 0 Å². The quantitative estimate of drug-likeness (QED) is 0.271. The summed E-state index contributed by atoms with van der Waals surface area (Å²) in [5.41, 5.74) is 0.777. The monoisotopic (exact) mass is 524 g/mol. The Morgan fingerprint density at radius 2 is 1.76 bits per heavy atom. The molecule has 0 spiro atoms. The Hall–Kier alpha value is -3.63. The van der Waals surface area contributed by atoms with E-state index < -0.39 is 10.8 Å². The molecule has 1 aliphatic rings. The molecule has 4 rings (SSSR count). The molecule has 0 radical (unpaired) electrons. The predicted molar refractivity (Wildman–Crippen MR) is 140 cm³/mol. The zero-order valence-electron chi connectivity index (χ0n) is 20.4. The van der Waals surface area contributed by atoms with E-state index in [-0.39, 0.29) is 36.1 Å². The minimum Gasteiger partial charge on any atom is -0.332 e. The second-order valence-electron chi connectivity index (χ2n) is 9.04. The first-order chi connectivity index (χ1) is 17.9. The van der Waals surface area contributed by atoms with E-state index in [4.69, 9.17) is 0 Å². The van der Waals surface area contributed by atoms with E-state index >= 15 is 0 Å². The molecule has 0 atom stereocenters. The number of carbonyl (C=O) groups is 2. The molecular weight excluding hydrogens is 495 g/mol. The number of benzene rings is 2. The molecule has 1 aliphatic heterocycles. The van der Waals surface area contributed by atoms with E-state index in [9.17, 15) is 24.1 Å². The molecule has 8 nitrogen and oxygen atoms in total. The van der Waals surface area contributed by atoms with Crippen molar-refractivity contribution in [3.63, 3.8) is 0 Å². The van der Waals surface area contributed by atoms with E-state index in [1.165, 1.54) is 52.6 Å². The number of rotatable bonds is 11. The first-order valence-corrected chi connectivity index (χ1v) is 13.1. The number of nitro groups is 1. The van der Waals surface area contributed by atoms with Crippen LogP contribution in [0.1, 0.15) is 33.6 Å². The SMILES string of the molecule is O=C(CN(CCN1CCCC1)C(=O)c1cccc([N+](=O)[O-])c1)N(Cc1ccc(F)cc1)Cc1cccs1. The number of hydrogen-bond acceptors (Lipinski definition) is 6. The summed E-state index contributed by atoms with van der Waals surface area (Å²) in [4.78, 5) is 44.2. The number of thiophene rings is 1. The molecule has 37 heavy (non-hydrogen) atoms. The Bertz CT molecular complexity index is 1210. The van der Waals surface area contributed by atoms with Gasteiger partial charge in [0, 0.05) is 42.2 Å². The topological polar surface area (TPSA) is 87.0 Å².